The second-order valence-corrected chi connectivity index (χ2v) is 4.81. The molecule has 1 rings (SSSR count). The van der Waals surface area contributed by atoms with Gasteiger partial charge in [-0.25, -0.2) is 0 Å². The molecule has 1 aromatic rings. The molecule has 18 heavy (non-hydrogen) atoms. The maximum absolute atomic E-state index is 12.2. The molecular weight excluding hydrogens is 298 g/mol. The van der Waals surface area contributed by atoms with E-state index < -0.39 is 0 Å². The van der Waals surface area contributed by atoms with Gasteiger partial charge in [-0.05, 0) is 19.9 Å². The number of aryl methyl sites for hydroxylation is 2. The van der Waals surface area contributed by atoms with E-state index in [1.54, 1.807) is 24.9 Å². The van der Waals surface area contributed by atoms with Crippen molar-refractivity contribution >= 4 is 21.8 Å². The standard InChI is InChI=1S/C12H18BrN3O2/c1-9-8-11(10(2)15-14-9)12(17)16(3)5-7-18-6-4-13/h8H,4-7H2,1-3H3. The zero-order valence-corrected chi connectivity index (χ0v) is 12.5. The van der Waals surface area contributed by atoms with Gasteiger partial charge < -0.3 is 9.64 Å². The number of aromatic nitrogens is 2. The fraction of sp³-hybridized carbons (Fsp3) is 0.583. The number of likely N-dealkylation sites (N-methyl/N-ethyl adjacent to an activating group) is 1. The predicted octanol–water partition coefficient (Wildman–Crippen LogP) is 1.58. The van der Waals surface area contributed by atoms with Crippen molar-refractivity contribution in [3.63, 3.8) is 0 Å². The van der Waals surface area contributed by atoms with Crippen molar-refractivity contribution in [2.45, 2.75) is 13.8 Å². The van der Waals surface area contributed by atoms with Crippen LogP contribution in [0.4, 0.5) is 0 Å². The van der Waals surface area contributed by atoms with Crippen LogP contribution >= 0.6 is 15.9 Å². The van der Waals surface area contributed by atoms with Crippen molar-refractivity contribution in [1.29, 1.82) is 0 Å². The third-order valence-corrected chi connectivity index (χ3v) is 2.79. The molecule has 100 valence electrons. The van der Waals surface area contributed by atoms with E-state index in [9.17, 15) is 4.79 Å². The first-order valence-corrected chi connectivity index (χ1v) is 6.88. The van der Waals surface area contributed by atoms with E-state index >= 15 is 0 Å². The molecule has 0 aromatic carbocycles. The number of carbonyl (C=O) groups excluding carboxylic acids is 1. The molecule has 0 saturated carbocycles. The van der Waals surface area contributed by atoms with Gasteiger partial charge in [-0.3, -0.25) is 4.79 Å². The van der Waals surface area contributed by atoms with Gasteiger partial charge in [-0.2, -0.15) is 10.2 Å². The number of hydrogen-bond acceptors (Lipinski definition) is 4. The van der Waals surface area contributed by atoms with E-state index in [0.29, 0.717) is 31.0 Å². The predicted molar refractivity (Wildman–Crippen MR) is 73.1 cm³/mol. The Morgan fingerprint density at radius 1 is 1.39 bits per heavy atom. The van der Waals surface area contributed by atoms with Gasteiger partial charge in [0, 0.05) is 18.9 Å². The summed E-state index contributed by atoms with van der Waals surface area (Å²) < 4.78 is 5.32. The first-order valence-electron chi connectivity index (χ1n) is 5.76. The molecule has 0 aliphatic heterocycles. The second-order valence-electron chi connectivity index (χ2n) is 4.01. The molecule has 0 spiro atoms. The van der Waals surface area contributed by atoms with Gasteiger partial charge in [0.15, 0.2) is 0 Å². The molecule has 6 heteroatoms. The van der Waals surface area contributed by atoms with Gasteiger partial charge in [0.2, 0.25) is 0 Å². The minimum absolute atomic E-state index is 0.0482. The summed E-state index contributed by atoms with van der Waals surface area (Å²) in [5.41, 5.74) is 2.00. The number of amides is 1. The Labute approximate surface area is 116 Å². The number of hydrogen-bond donors (Lipinski definition) is 0. The van der Waals surface area contributed by atoms with Crippen molar-refractivity contribution in [2.75, 3.05) is 32.1 Å². The monoisotopic (exact) mass is 315 g/mol. The Morgan fingerprint density at radius 2 is 2.11 bits per heavy atom. The van der Waals surface area contributed by atoms with Gasteiger partial charge in [-0.15, -0.1) is 0 Å². The lowest BCUT2D eigenvalue weighted by Gasteiger charge is -2.17. The lowest BCUT2D eigenvalue weighted by Crippen LogP contribution is -2.31. The SMILES string of the molecule is Cc1cc(C(=O)N(C)CCOCCBr)c(C)nn1. The summed E-state index contributed by atoms with van der Waals surface area (Å²) in [6, 6.07) is 1.76. The normalized spacial score (nSPS) is 10.4. The fourth-order valence-electron chi connectivity index (χ4n) is 1.43. The average molecular weight is 316 g/mol. The van der Waals surface area contributed by atoms with E-state index in [-0.39, 0.29) is 5.91 Å². The quantitative estimate of drug-likeness (QED) is 0.591. The highest BCUT2D eigenvalue weighted by Gasteiger charge is 2.15. The van der Waals surface area contributed by atoms with Crippen molar-refractivity contribution in [1.82, 2.24) is 15.1 Å². The van der Waals surface area contributed by atoms with Gasteiger partial charge in [0.05, 0.1) is 30.2 Å². The van der Waals surface area contributed by atoms with Crippen LogP contribution in [0.3, 0.4) is 0 Å². The van der Waals surface area contributed by atoms with Crippen LogP contribution in [-0.4, -0.2) is 53.1 Å². The van der Waals surface area contributed by atoms with E-state index in [4.69, 9.17) is 4.74 Å². The van der Waals surface area contributed by atoms with Crippen LogP contribution in [0.25, 0.3) is 0 Å². The van der Waals surface area contributed by atoms with Gasteiger partial charge in [-0.1, -0.05) is 15.9 Å². The van der Waals surface area contributed by atoms with Crippen LogP contribution < -0.4 is 0 Å². The van der Waals surface area contributed by atoms with E-state index in [2.05, 4.69) is 26.1 Å². The van der Waals surface area contributed by atoms with Crippen LogP contribution in [0.15, 0.2) is 6.07 Å². The van der Waals surface area contributed by atoms with Crippen molar-refractivity contribution in [3.05, 3.63) is 23.0 Å². The summed E-state index contributed by atoms with van der Waals surface area (Å²) in [5, 5.41) is 8.68. The molecule has 1 amide bonds. The second kappa shape index (κ2) is 7.43. The molecule has 0 saturated heterocycles. The maximum atomic E-state index is 12.2. The van der Waals surface area contributed by atoms with Crippen LogP contribution in [0, 0.1) is 13.8 Å². The summed E-state index contributed by atoms with van der Waals surface area (Å²) in [6.07, 6.45) is 0. The first kappa shape index (κ1) is 15.0. The highest BCUT2D eigenvalue weighted by atomic mass is 79.9. The number of nitrogens with zero attached hydrogens (tertiary/aromatic N) is 3. The molecule has 0 radical (unpaired) electrons. The van der Waals surface area contributed by atoms with E-state index in [0.717, 1.165) is 11.0 Å². The molecule has 0 aliphatic carbocycles. The lowest BCUT2D eigenvalue weighted by atomic mass is 10.2. The molecule has 0 aliphatic rings. The molecule has 0 fully saturated rings. The Bertz CT molecular complexity index is 412. The molecule has 0 bridgehead atoms. The summed E-state index contributed by atoms with van der Waals surface area (Å²) in [7, 11) is 1.76. The molecule has 1 heterocycles. The van der Waals surface area contributed by atoms with Crippen LogP contribution in [-0.2, 0) is 4.74 Å². The lowest BCUT2D eigenvalue weighted by molar-refractivity contribution is 0.0711. The smallest absolute Gasteiger partial charge is 0.255 e. The number of halogens is 1. The topological polar surface area (TPSA) is 55.3 Å². The number of ether oxygens (including phenoxy) is 1. The largest absolute Gasteiger partial charge is 0.379 e. The Kier molecular flexibility index (Phi) is 6.21. The Hall–Kier alpha value is -1.01. The third kappa shape index (κ3) is 4.34. The zero-order valence-electron chi connectivity index (χ0n) is 10.9. The van der Waals surface area contributed by atoms with E-state index in [1.165, 1.54) is 0 Å². The van der Waals surface area contributed by atoms with Crippen molar-refractivity contribution in [3.8, 4) is 0 Å². The molecule has 1 aromatic heterocycles. The summed E-state index contributed by atoms with van der Waals surface area (Å²) >= 11 is 3.28. The number of alkyl halides is 1. The van der Waals surface area contributed by atoms with Crippen LogP contribution in [0.2, 0.25) is 0 Å². The maximum Gasteiger partial charge on any atom is 0.255 e. The van der Waals surface area contributed by atoms with Crippen LogP contribution in [0.5, 0.6) is 0 Å². The third-order valence-electron chi connectivity index (χ3n) is 2.47. The molecule has 0 unspecified atom stereocenters. The zero-order chi connectivity index (χ0) is 13.5. The molecule has 5 nitrogen and oxygen atoms in total. The molecular formula is C12H18BrN3O2. The van der Waals surface area contributed by atoms with Gasteiger partial charge in [0.25, 0.3) is 5.91 Å². The minimum Gasteiger partial charge on any atom is -0.379 e. The number of rotatable bonds is 6. The Balaban J connectivity index is 2.60. The summed E-state index contributed by atoms with van der Waals surface area (Å²) in [6.45, 7) is 5.35. The van der Waals surface area contributed by atoms with Gasteiger partial charge in [0.1, 0.15) is 0 Å². The first-order chi connectivity index (χ1) is 8.56. The molecule has 0 atom stereocenters. The highest BCUT2D eigenvalue weighted by Crippen LogP contribution is 2.08. The van der Waals surface area contributed by atoms with Crippen LogP contribution in [0.1, 0.15) is 21.7 Å². The minimum atomic E-state index is -0.0482. The van der Waals surface area contributed by atoms with Crippen molar-refractivity contribution in [2.24, 2.45) is 0 Å². The Morgan fingerprint density at radius 3 is 2.78 bits per heavy atom. The van der Waals surface area contributed by atoms with E-state index in [1.807, 2.05) is 6.92 Å². The number of carbonyl (C=O) groups is 1. The summed E-state index contributed by atoms with van der Waals surface area (Å²) in [4.78, 5) is 13.8. The van der Waals surface area contributed by atoms with Gasteiger partial charge >= 0.3 is 0 Å². The molecule has 0 N–H and O–H groups in total. The van der Waals surface area contributed by atoms with Crippen molar-refractivity contribution < 1.29 is 9.53 Å². The fourth-order valence-corrected chi connectivity index (χ4v) is 1.66. The summed E-state index contributed by atoms with van der Waals surface area (Å²) in [5.74, 6) is -0.0482. The highest BCUT2D eigenvalue weighted by molar-refractivity contribution is 9.09. The average Bonchev–Trinajstić information content (AvgIpc) is 2.36.